The summed E-state index contributed by atoms with van der Waals surface area (Å²) in [6.45, 7) is 2.08. The summed E-state index contributed by atoms with van der Waals surface area (Å²) in [5, 5.41) is 4.06. The smallest absolute Gasteiger partial charge is 0.115 e. The molecule has 0 saturated heterocycles. The van der Waals surface area contributed by atoms with Gasteiger partial charge in [-0.05, 0) is 24.6 Å². The van der Waals surface area contributed by atoms with Gasteiger partial charge in [-0.25, -0.2) is 9.97 Å². The average Bonchev–Trinajstić information content (AvgIpc) is 2.31. The Morgan fingerprint density at radius 3 is 2.38 bits per heavy atom. The minimum Gasteiger partial charge on any atom is -0.376 e. The van der Waals surface area contributed by atoms with Gasteiger partial charge in [-0.1, -0.05) is 23.7 Å². The molecular formula is C12H12ClN3. The van der Waals surface area contributed by atoms with Crippen molar-refractivity contribution in [1.82, 2.24) is 9.97 Å². The van der Waals surface area contributed by atoms with E-state index in [0.717, 1.165) is 10.7 Å². The van der Waals surface area contributed by atoms with Crippen molar-refractivity contribution in [1.29, 1.82) is 0 Å². The molecule has 2 aromatic rings. The maximum Gasteiger partial charge on any atom is 0.115 e. The molecule has 0 aliphatic carbocycles. The first-order valence-corrected chi connectivity index (χ1v) is 5.40. The zero-order chi connectivity index (χ0) is 11.4. The molecule has 16 heavy (non-hydrogen) atoms. The van der Waals surface area contributed by atoms with E-state index in [2.05, 4.69) is 22.2 Å². The monoisotopic (exact) mass is 233 g/mol. The second kappa shape index (κ2) is 4.94. The molecule has 0 aliphatic rings. The lowest BCUT2D eigenvalue weighted by atomic mass is 10.1. The van der Waals surface area contributed by atoms with Crippen molar-refractivity contribution in [3.8, 4) is 0 Å². The maximum absolute atomic E-state index is 5.84. The minimum atomic E-state index is 0.197. The quantitative estimate of drug-likeness (QED) is 0.884. The van der Waals surface area contributed by atoms with Crippen LogP contribution in [0.3, 0.4) is 0 Å². The van der Waals surface area contributed by atoms with Crippen molar-refractivity contribution < 1.29 is 0 Å². The van der Waals surface area contributed by atoms with E-state index in [9.17, 15) is 0 Å². The second-order valence-corrected chi connectivity index (χ2v) is 3.98. The molecule has 0 saturated carbocycles. The Hall–Kier alpha value is -1.61. The molecule has 1 aromatic heterocycles. The van der Waals surface area contributed by atoms with Gasteiger partial charge in [0.15, 0.2) is 0 Å². The molecule has 0 radical (unpaired) electrons. The Balaban J connectivity index is 2.09. The summed E-state index contributed by atoms with van der Waals surface area (Å²) in [7, 11) is 0. The summed E-state index contributed by atoms with van der Waals surface area (Å²) in [5.74, 6) is 0. The third kappa shape index (κ3) is 2.70. The molecule has 1 heterocycles. The molecule has 0 amide bonds. The highest BCUT2D eigenvalue weighted by Crippen LogP contribution is 2.19. The number of anilines is 1. The van der Waals surface area contributed by atoms with Gasteiger partial charge in [0.1, 0.15) is 6.33 Å². The zero-order valence-electron chi connectivity index (χ0n) is 8.89. The fourth-order valence-corrected chi connectivity index (χ4v) is 1.58. The van der Waals surface area contributed by atoms with Gasteiger partial charge in [-0.3, -0.25) is 0 Å². The van der Waals surface area contributed by atoms with Crippen molar-refractivity contribution >= 4 is 17.3 Å². The van der Waals surface area contributed by atoms with E-state index in [4.69, 9.17) is 11.6 Å². The van der Waals surface area contributed by atoms with E-state index in [0.29, 0.717) is 0 Å². The predicted molar refractivity (Wildman–Crippen MR) is 65.5 cm³/mol. The van der Waals surface area contributed by atoms with E-state index in [1.165, 1.54) is 11.9 Å². The number of nitrogens with one attached hydrogen (secondary N) is 1. The van der Waals surface area contributed by atoms with Crippen LogP contribution in [0.25, 0.3) is 0 Å². The molecule has 0 spiro atoms. The lowest BCUT2D eigenvalue weighted by Gasteiger charge is -2.14. The Labute approximate surface area is 99.5 Å². The molecule has 3 nitrogen and oxygen atoms in total. The summed E-state index contributed by atoms with van der Waals surface area (Å²) < 4.78 is 0. The summed E-state index contributed by atoms with van der Waals surface area (Å²) in [6, 6.07) is 7.98. The maximum atomic E-state index is 5.84. The number of benzene rings is 1. The third-order valence-corrected chi connectivity index (χ3v) is 2.57. The van der Waals surface area contributed by atoms with Gasteiger partial charge in [0.2, 0.25) is 0 Å². The van der Waals surface area contributed by atoms with Crippen LogP contribution < -0.4 is 5.32 Å². The van der Waals surface area contributed by atoms with Crippen molar-refractivity contribution in [2.45, 2.75) is 13.0 Å². The van der Waals surface area contributed by atoms with Crippen molar-refractivity contribution in [2.24, 2.45) is 0 Å². The topological polar surface area (TPSA) is 37.8 Å². The summed E-state index contributed by atoms with van der Waals surface area (Å²) >= 11 is 5.84. The van der Waals surface area contributed by atoms with Crippen LogP contribution in [0, 0.1) is 0 Å². The molecule has 1 unspecified atom stereocenters. The fraction of sp³-hybridized carbons (Fsp3) is 0.167. The van der Waals surface area contributed by atoms with Crippen LogP contribution in [0.5, 0.6) is 0 Å². The highest BCUT2D eigenvalue weighted by molar-refractivity contribution is 6.30. The van der Waals surface area contributed by atoms with Gasteiger partial charge in [-0.15, -0.1) is 0 Å². The van der Waals surface area contributed by atoms with Gasteiger partial charge in [-0.2, -0.15) is 0 Å². The number of rotatable bonds is 3. The number of hydrogen-bond donors (Lipinski definition) is 1. The number of hydrogen-bond acceptors (Lipinski definition) is 3. The van der Waals surface area contributed by atoms with E-state index >= 15 is 0 Å². The number of halogens is 1. The molecule has 2 rings (SSSR count). The zero-order valence-corrected chi connectivity index (χ0v) is 9.65. The average molecular weight is 234 g/mol. The minimum absolute atomic E-state index is 0.197. The van der Waals surface area contributed by atoms with Gasteiger partial charge in [0.25, 0.3) is 0 Å². The molecule has 0 fully saturated rings. The second-order valence-electron chi connectivity index (χ2n) is 3.54. The van der Waals surface area contributed by atoms with Gasteiger partial charge in [0, 0.05) is 11.1 Å². The lowest BCUT2D eigenvalue weighted by Crippen LogP contribution is -2.06. The van der Waals surface area contributed by atoms with Gasteiger partial charge < -0.3 is 5.32 Å². The Morgan fingerprint density at radius 1 is 1.12 bits per heavy atom. The van der Waals surface area contributed by atoms with Crippen LogP contribution in [0.15, 0.2) is 43.0 Å². The van der Waals surface area contributed by atoms with Crippen LogP contribution in [0.2, 0.25) is 5.02 Å². The molecule has 0 bridgehead atoms. The Kier molecular flexibility index (Phi) is 3.37. The van der Waals surface area contributed by atoms with Crippen LogP contribution in [-0.4, -0.2) is 9.97 Å². The molecular weight excluding hydrogens is 222 g/mol. The molecule has 1 atom stereocenters. The van der Waals surface area contributed by atoms with Crippen molar-refractivity contribution in [2.75, 3.05) is 5.32 Å². The van der Waals surface area contributed by atoms with Gasteiger partial charge in [0.05, 0.1) is 18.1 Å². The standard InChI is InChI=1S/C12H12ClN3/c1-9(10-2-4-11(13)5-3-10)16-12-6-14-8-15-7-12/h2-9,16H,1H3. The fourth-order valence-electron chi connectivity index (χ4n) is 1.46. The largest absolute Gasteiger partial charge is 0.376 e. The number of nitrogens with zero attached hydrogens (tertiary/aromatic N) is 2. The van der Waals surface area contributed by atoms with Crippen LogP contribution >= 0.6 is 11.6 Å². The van der Waals surface area contributed by atoms with E-state index in [1.54, 1.807) is 12.4 Å². The van der Waals surface area contributed by atoms with Gasteiger partial charge >= 0.3 is 0 Å². The predicted octanol–water partition coefficient (Wildman–Crippen LogP) is 3.30. The first kappa shape index (κ1) is 10.9. The molecule has 0 aliphatic heterocycles. The highest BCUT2D eigenvalue weighted by atomic mass is 35.5. The SMILES string of the molecule is CC(Nc1cncnc1)c1ccc(Cl)cc1. The lowest BCUT2D eigenvalue weighted by molar-refractivity contribution is 0.880. The van der Waals surface area contributed by atoms with E-state index < -0.39 is 0 Å². The summed E-state index contributed by atoms with van der Waals surface area (Å²) in [5.41, 5.74) is 2.08. The molecule has 1 N–H and O–H groups in total. The van der Waals surface area contributed by atoms with Crippen LogP contribution in [0.1, 0.15) is 18.5 Å². The Morgan fingerprint density at radius 2 is 1.75 bits per heavy atom. The summed E-state index contributed by atoms with van der Waals surface area (Å²) in [4.78, 5) is 7.90. The van der Waals surface area contributed by atoms with Crippen LogP contribution in [0.4, 0.5) is 5.69 Å². The normalized spacial score (nSPS) is 12.1. The van der Waals surface area contributed by atoms with Crippen LogP contribution in [-0.2, 0) is 0 Å². The molecule has 1 aromatic carbocycles. The Bertz CT molecular complexity index is 442. The highest BCUT2D eigenvalue weighted by Gasteiger charge is 2.04. The first-order chi connectivity index (χ1) is 7.75. The molecule has 82 valence electrons. The van der Waals surface area contributed by atoms with E-state index in [-0.39, 0.29) is 6.04 Å². The summed E-state index contributed by atoms with van der Waals surface area (Å²) in [6.07, 6.45) is 5.01. The third-order valence-electron chi connectivity index (χ3n) is 2.31. The first-order valence-electron chi connectivity index (χ1n) is 5.03. The molecule has 4 heteroatoms. The van der Waals surface area contributed by atoms with Crippen molar-refractivity contribution in [3.05, 3.63) is 53.6 Å². The van der Waals surface area contributed by atoms with E-state index in [1.807, 2.05) is 24.3 Å². The van der Waals surface area contributed by atoms with Crippen molar-refractivity contribution in [3.63, 3.8) is 0 Å². The number of aromatic nitrogens is 2.